The van der Waals surface area contributed by atoms with Crippen molar-refractivity contribution in [2.45, 2.75) is 0 Å². The zero-order valence-electron chi connectivity index (χ0n) is 29.7. The van der Waals surface area contributed by atoms with Crippen LogP contribution in [0, 0.1) is 0 Å². The molecule has 0 amide bonds. The summed E-state index contributed by atoms with van der Waals surface area (Å²) in [7, 11) is 0. The van der Waals surface area contributed by atoms with Gasteiger partial charge in [0, 0.05) is 51.0 Å². The molecule has 0 fully saturated rings. The lowest BCUT2D eigenvalue weighted by atomic mass is 9.92. The van der Waals surface area contributed by atoms with Crippen LogP contribution in [0.4, 0.5) is 0 Å². The molecule has 0 saturated heterocycles. The molecule has 0 saturated carbocycles. The molecular formula is C50H32N4O. The van der Waals surface area contributed by atoms with Crippen molar-refractivity contribution in [3.05, 3.63) is 194 Å². The van der Waals surface area contributed by atoms with E-state index in [0.29, 0.717) is 5.82 Å². The van der Waals surface area contributed by atoms with E-state index >= 15 is 0 Å². The van der Waals surface area contributed by atoms with Crippen LogP contribution in [0.5, 0.6) is 0 Å². The Balaban J connectivity index is 1.22. The number of rotatable bonds is 7. The van der Waals surface area contributed by atoms with Crippen molar-refractivity contribution in [2.75, 3.05) is 0 Å². The lowest BCUT2D eigenvalue weighted by Gasteiger charge is -2.15. The topological polar surface area (TPSA) is 64.7 Å². The Bertz CT molecular complexity index is 2900. The van der Waals surface area contributed by atoms with Crippen LogP contribution in [0.25, 0.3) is 101 Å². The van der Waals surface area contributed by atoms with Crippen molar-refractivity contribution >= 4 is 21.9 Å². The van der Waals surface area contributed by atoms with Gasteiger partial charge in [0.2, 0.25) is 0 Å². The average Bonchev–Trinajstić information content (AvgIpc) is 3.66. The zero-order valence-corrected chi connectivity index (χ0v) is 29.7. The van der Waals surface area contributed by atoms with Gasteiger partial charge in [0.1, 0.15) is 11.2 Å². The van der Waals surface area contributed by atoms with Gasteiger partial charge in [-0.15, -0.1) is 0 Å². The second-order valence-electron chi connectivity index (χ2n) is 13.5. The van der Waals surface area contributed by atoms with Gasteiger partial charge in [-0.05, 0) is 101 Å². The van der Waals surface area contributed by atoms with E-state index in [1.165, 1.54) is 0 Å². The fourth-order valence-corrected chi connectivity index (χ4v) is 7.34. The second kappa shape index (κ2) is 13.8. The standard InChI is InChI=1S/C50H32N4O/c1-3-14-33(15-4-1)35-26-36(41-19-13-23-48-49(41)42-18-7-8-22-47(42)55-48)28-39(27-35)45-32-46(54-50(53-45)34-16-5-2-6-17-34)40-30-37(43-20-9-11-24-51-43)29-38(31-40)44-21-10-12-25-52-44/h1-32H. The highest BCUT2D eigenvalue weighted by molar-refractivity contribution is 6.12. The average molecular weight is 705 g/mol. The highest BCUT2D eigenvalue weighted by atomic mass is 16.3. The molecule has 5 nitrogen and oxygen atoms in total. The van der Waals surface area contributed by atoms with Gasteiger partial charge < -0.3 is 4.42 Å². The maximum atomic E-state index is 6.33. The summed E-state index contributed by atoms with van der Waals surface area (Å²) in [6.07, 6.45) is 3.64. The highest BCUT2D eigenvalue weighted by Crippen LogP contribution is 2.41. The molecule has 10 rings (SSSR count). The molecule has 0 aliphatic carbocycles. The number of para-hydroxylation sites is 1. The van der Waals surface area contributed by atoms with Crippen molar-refractivity contribution < 1.29 is 4.42 Å². The molecule has 258 valence electrons. The Kier molecular flexibility index (Phi) is 8.08. The fraction of sp³-hybridized carbons (Fsp3) is 0. The number of furan rings is 1. The normalized spacial score (nSPS) is 11.3. The molecule has 0 N–H and O–H groups in total. The van der Waals surface area contributed by atoms with E-state index in [0.717, 1.165) is 94.8 Å². The Labute approximate surface area is 318 Å². The SMILES string of the molecule is c1ccc(-c2cc(-c3cc(-c4cc(-c5ccccn5)cc(-c5ccccn5)c4)nc(-c4ccccc4)n3)cc(-c3cccc4oc5ccccc5c34)c2)cc1. The first-order valence-corrected chi connectivity index (χ1v) is 18.3. The molecule has 5 heteroatoms. The fourth-order valence-electron chi connectivity index (χ4n) is 7.34. The van der Waals surface area contributed by atoms with Gasteiger partial charge in [-0.2, -0.15) is 0 Å². The number of hydrogen-bond acceptors (Lipinski definition) is 5. The van der Waals surface area contributed by atoms with Crippen molar-refractivity contribution in [2.24, 2.45) is 0 Å². The van der Waals surface area contributed by atoms with Gasteiger partial charge in [-0.25, -0.2) is 9.97 Å². The molecule has 4 heterocycles. The lowest BCUT2D eigenvalue weighted by Crippen LogP contribution is -1.97. The predicted molar refractivity (Wildman–Crippen MR) is 223 cm³/mol. The summed E-state index contributed by atoms with van der Waals surface area (Å²) in [6.45, 7) is 0. The minimum absolute atomic E-state index is 0.644. The lowest BCUT2D eigenvalue weighted by molar-refractivity contribution is 0.669. The Morgan fingerprint density at radius 2 is 0.836 bits per heavy atom. The minimum atomic E-state index is 0.644. The van der Waals surface area contributed by atoms with Crippen LogP contribution in [0.2, 0.25) is 0 Å². The summed E-state index contributed by atoms with van der Waals surface area (Å²) in [5.41, 5.74) is 14.3. The van der Waals surface area contributed by atoms with E-state index in [1.807, 2.05) is 91.3 Å². The Morgan fingerprint density at radius 1 is 0.327 bits per heavy atom. The number of fused-ring (bicyclic) bond motifs is 3. The van der Waals surface area contributed by atoms with Gasteiger partial charge in [-0.3, -0.25) is 9.97 Å². The highest BCUT2D eigenvalue weighted by Gasteiger charge is 2.18. The van der Waals surface area contributed by atoms with Gasteiger partial charge in [0.05, 0.1) is 22.8 Å². The van der Waals surface area contributed by atoms with Crippen LogP contribution in [-0.2, 0) is 0 Å². The molecular weight excluding hydrogens is 673 g/mol. The van der Waals surface area contributed by atoms with E-state index in [-0.39, 0.29) is 0 Å². The third-order valence-electron chi connectivity index (χ3n) is 9.96. The third kappa shape index (κ3) is 6.24. The number of nitrogens with zero attached hydrogens (tertiary/aromatic N) is 4. The van der Waals surface area contributed by atoms with Crippen molar-refractivity contribution in [1.82, 2.24) is 19.9 Å². The van der Waals surface area contributed by atoms with Crippen molar-refractivity contribution in [1.29, 1.82) is 0 Å². The molecule has 0 spiro atoms. The Hall–Kier alpha value is -7.50. The largest absolute Gasteiger partial charge is 0.456 e. The van der Waals surface area contributed by atoms with E-state index in [2.05, 4.69) is 103 Å². The van der Waals surface area contributed by atoms with Crippen LogP contribution in [0.15, 0.2) is 199 Å². The van der Waals surface area contributed by atoms with Crippen LogP contribution in [0.1, 0.15) is 0 Å². The summed E-state index contributed by atoms with van der Waals surface area (Å²) in [5.74, 6) is 0.644. The third-order valence-corrected chi connectivity index (χ3v) is 9.96. The molecule has 55 heavy (non-hydrogen) atoms. The first-order chi connectivity index (χ1) is 27.2. The van der Waals surface area contributed by atoms with Crippen molar-refractivity contribution in [3.63, 3.8) is 0 Å². The number of benzene rings is 6. The van der Waals surface area contributed by atoms with E-state index in [4.69, 9.17) is 24.4 Å². The maximum Gasteiger partial charge on any atom is 0.160 e. The Morgan fingerprint density at radius 3 is 1.47 bits per heavy atom. The molecule has 0 bridgehead atoms. The van der Waals surface area contributed by atoms with Crippen LogP contribution >= 0.6 is 0 Å². The van der Waals surface area contributed by atoms with E-state index in [1.54, 1.807) is 0 Å². The first-order valence-electron chi connectivity index (χ1n) is 18.3. The number of pyridine rings is 2. The summed E-state index contributed by atoms with van der Waals surface area (Å²) >= 11 is 0. The van der Waals surface area contributed by atoms with Gasteiger partial charge in [0.25, 0.3) is 0 Å². The van der Waals surface area contributed by atoms with Crippen LogP contribution in [0.3, 0.4) is 0 Å². The van der Waals surface area contributed by atoms with Crippen molar-refractivity contribution in [3.8, 4) is 78.7 Å². The molecule has 10 aromatic rings. The maximum absolute atomic E-state index is 6.33. The molecule has 6 aromatic carbocycles. The minimum Gasteiger partial charge on any atom is -0.456 e. The quantitative estimate of drug-likeness (QED) is 0.165. The summed E-state index contributed by atoms with van der Waals surface area (Å²) < 4.78 is 6.33. The van der Waals surface area contributed by atoms with Gasteiger partial charge >= 0.3 is 0 Å². The molecule has 0 aliphatic heterocycles. The molecule has 0 unspecified atom stereocenters. The molecule has 0 atom stereocenters. The first kappa shape index (κ1) is 32.2. The van der Waals surface area contributed by atoms with Gasteiger partial charge in [-0.1, -0.05) is 103 Å². The predicted octanol–water partition coefficient (Wildman–Crippen LogP) is 12.8. The summed E-state index contributed by atoms with van der Waals surface area (Å²) in [5, 5.41) is 2.18. The molecule has 0 radical (unpaired) electrons. The van der Waals surface area contributed by atoms with Crippen LogP contribution in [-0.4, -0.2) is 19.9 Å². The monoisotopic (exact) mass is 704 g/mol. The number of aromatic nitrogens is 4. The zero-order chi connectivity index (χ0) is 36.6. The van der Waals surface area contributed by atoms with Crippen LogP contribution < -0.4 is 0 Å². The summed E-state index contributed by atoms with van der Waals surface area (Å²) in [6, 6.07) is 62.5. The summed E-state index contributed by atoms with van der Waals surface area (Å²) in [4.78, 5) is 19.9. The smallest absolute Gasteiger partial charge is 0.160 e. The van der Waals surface area contributed by atoms with E-state index < -0.39 is 0 Å². The number of hydrogen-bond donors (Lipinski definition) is 0. The van der Waals surface area contributed by atoms with E-state index in [9.17, 15) is 0 Å². The molecule has 0 aliphatic rings. The second-order valence-corrected chi connectivity index (χ2v) is 13.5. The van der Waals surface area contributed by atoms with Gasteiger partial charge in [0.15, 0.2) is 5.82 Å². The molecule has 4 aromatic heterocycles.